The van der Waals surface area contributed by atoms with Crippen LogP contribution in [0.5, 0.6) is 0 Å². The van der Waals surface area contributed by atoms with E-state index >= 15 is 0 Å². The molecule has 0 aromatic heterocycles. The Morgan fingerprint density at radius 1 is 1.18 bits per heavy atom. The first-order chi connectivity index (χ1) is 5.06. The number of rotatable bonds is 5. The van der Waals surface area contributed by atoms with Gasteiger partial charge in [0.1, 0.15) is 0 Å². The van der Waals surface area contributed by atoms with Crippen LogP contribution < -0.4 is 0 Å². The van der Waals surface area contributed by atoms with Crippen molar-refractivity contribution in [2.24, 2.45) is 5.92 Å². The molecule has 0 saturated carbocycles. The summed E-state index contributed by atoms with van der Waals surface area (Å²) in [7, 11) is 0. The van der Waals surface area contributed by atoms with E-state index in [0.29, 0.717) is 5.92 Å². The van der Waals surface area contributed by atoms with E-state index < -0.39 is 0 Å². The number of aliphatic hydroxyl groups is 1. The molecule has 0 radical (unpaired) electrons. The van der Waals surface area contributed by atoms with Crippen LogP contribution in [0.2, 0.25) is 0 Å². The fraction of sp³-hybridized carbons (Fsp3) is 1.00. The third kappa shape index (κ3) is 6.32. The monoisotopic (exact) mass is 159 g/mol. The summed E-state index contributed by atoms with van der Waals surface area (Å²) < 4.78 is 0. The summed E-state index contributed by atoms with van der Waals surface area (Å²) in [6.45, 7) is 11.3. The molecular weight excluding hydrogens is 138 g/mol. The zero-order chi connectivity index (χ0) is 8.85. The van der Waals surface area contributed by atoms with E-state index in [1.807, 2.05) is 6.92 Å². The summed E-state index contributed by atoms with van der Waals surface area (Å²) in [6, 6.07) is 0. The van der Waals surface area contributed by atoms with Gasteiger partial charge in [0.25, 0.3) is 0 Å². The maximum atomic E-state index is 9.13. The summed E-state index contributed by atoms with van der Waals surface area (Å²) in [4.78, 5) is 2.27. The van der Waals surface area contributed by atoms with Crippen LogP contribution in [-0.4, -0.2) is 35.7 Å². The van der Waals surface area contributed by atoms with Gasteiger partial charge in [0.15, 0.2) is 0 Å². The minimum atomic E-state index is -0.200. The normalized spacial score (nSPS) is 14.5. The molecule has 68 valence electrons. The zero-order valence-electron chi connectivity index (χ0n) is 8.17. The van der Waals surface area contributed by atoms with Gasteiger partial charge in [0, 0.05) is 13.1 Å². The van der Waals surface area contributed by atoms with Crippen LogP contribution in [0.1, 0.15) is 27.7 Å². The molecule has 2 heteroatoms. The van der Waals surface area contributed by atoms with E-state index in [-0.39, 0.29) is 6.10 Å². The Morgan fingerprint density at radius 3 is 2.00 bits per heavy atom. The number of likely N-dealkylation sites (N-methyl/N-ethyl adjacent to an activating group) is 1. The summed E-state index contributed by atoms with van der Waals surface area (Å²) in [5.41, 5.74) is 0. The van der Waals surface area contributed by atoms with Crippen molar-refractivity contribution in [1.82, 2.24) is 4.90 Å². The second-order valence-corrected chi connectivity index (χ2v) is 3.60. The van der Waals surface area contributed by atoms with Gasteiger partial charge in [0.05, 0.1) is 6.10 Å². The highest BCUT2D eigenvalue weighted by Crippen LogP contribution is 1.99. The van der Waals surface area contributed by atoms with Gasteiger partial charge in [0.2, 0.25) is 0 Å². The van der Waals surface area contributed by atoms with Gasteiger partial charge in [-0.1, -0.05) is 20.8 Å². The SMILES string of the molecule is CCN(CC(C)C)C[C@H](C)O. The van der Waals surface area contributed by atoms with Crippen molar-refractivity contribution in [3.05, 3.63) is 0 Å². The molecule has 0 fully saturated rings. The van der Waals surface area contributed by atoms with Gasteiger partial charge in [-0.25, -0.2) is 0 Å². The summed E-state index contributed by atoms with van der Waals surface area (Å²) in [6.07, 6.45) is -0.200. The largest absolute Gasteiger partial charge is 0.392 e. The van der Waals surface area contributed by atoms with E-state index in [1.54, 1.807) is 0 Å². The fourth-order valence-corrected chi connectivity index (χ4v) is 1.22. The van der Waals surface area contributed by atoms with Crippen molar-refractivity contribution in [1.29, 1.82) is 0 Å². The molecule has 0 unspecified atom stereocenters. The van der Waals surface area contributed by atoms with Gasteiger partial charge < -0.3 is 10.0 Å². The van der Waals surface area contributed by atoms with Crippen molar-refractivity contribution >= 4 is 0 Å². The first-order valence-electron chi connectivity index (χ1n) is 4.46. The molecule has 0 aliphatic carbocycles. The quantitative estimate of drug-likeness (QED) is 0.654. The molecule has 1 atom stereocenters. The van der Waals surface area contributed by atoms with Crippen molar-refractivity contribution in [2.75, 3.05) is 19.6 Å². The number of aliphatic hydroxyl groups excluding tert-OH is 1. The van der Waals surface area contributed by atoms with Gasteiger partial charge >= 0.3 is 0 Å². The van der Waals surface area contributed by atoms with Gasteiger partial charge in [-0.05, 0) is 19.4 Å². The molecule has 1 N–H and O–H groups in total. The topological polar surface area (TPSA) is 23.5 Å². The third-order valence-electron chi connectivity index (χ3n) is 1.59. The molecule has 0 bridgehead atoms. The van der Waals surface area contributed by atoms with Crippen molar-refractivity contribution in [3.8, 4) is 0 Å². The van der Waals surface area contributed by atoms with Gasteiger partial charge in [-0.2, -0.15) is 0 Å². The smallest absolute Gasteiger partial charge is 0.0639 e. The summed E-state index contributed by atoms with van der Waals surface area (Å²) in [5.74, 6) is 0.689. The van der Waals surface area contributed by atoms with E-state index in [2.05, 4.69) is 25.7 Å². The highest BCUT2D eigenvalue weighted by atomic mass is 16.3. The molecule has 0 aromatic rings. The molecule has 2 nitrogen and oxygen atoms in total. The van der Waals surface area contributed by atoms with Crippen LogP contribution in [0.4, 0.5) is 0 Å². The van der Waals surface area contributed by atoms with Crippen molar-refractivity contribution in [2.45, 2.75) is 33.8 Å². The molecule has 0 aliphatic heterocycles. The lowest BCUT2D eigenvalue weighted by atomic mass is 10.2. The Kier molecular flexibility index (Phi) is 5.51. The maximum absolute atomic E-state index is 9.13. The van der Waals surface area contributed by atoms with Crippen LogP contribution in [0.25, 0.3) is 0 Å². The molecule has 0 amide bonds. The van der Waals surface area contributed by atoms with Crippen LogP contribution in [0.15, 0.2) is 0 Å². The Morgan fingerprint density at radius 2 is 1.73 bits per heavy atom. The molecule has 11 heavy (non-hydrogen) atoms. The molecule has 0 spiro atoms. The number of hydrogen-bond donors (Lipinski definition) is 1. The Balaban J connectivity index is 3.58. The van der Waals surface area contributed by atoms with Gasteiger partial charge in [-0.15, -0.1) is 0 Å². The lowest BCUT2D eigenvalue weighted by Crippen LogP contribution is -2.33. The molecule has 0 rings (SSSR count). The van der Waals surface area contributed by atoms with Crippen LogP contribution in [0, 0.1) is 5.92 Å². The van der Waals surface area contributed by atoms with E-state index in [0.717, 1.165) is 19.6 Å². The summed E-state index contributed by atoms with van der Waals surface area (Å²) >= 11 is 0. The standard InChI is InChI=1S/C9H21NO/c1-5-10(6-8(2)3)7-9(4)11/h8-9,11H,5-7H2,1-4H3/t9-/m0/s1. The second-order valence-electron chi connectivity index (χ2n) is 3.60. The number of nitrogens with zero attached hydrogens (tertiary/aromatic N) is 1. The summed E-state index contributed by atoms with van der Waals surface area (Å²) in [5, 5.41) is 9.13. The maximum Gasteiger partial charge on any atom is 0.0639 e. The molecule has 0 aliphatic rings. The van der Waals surface area contributed by atoms with Gasteiger partial charge in [-0.3, -0.25) is 0 Å². The average molecular weight is 159 g/mol. The molecule has 0 heterocycles. The molecule has 0 aromatic carbocycles. The van der Waals surface area contributed by atoms with Crippen LogP contribution in [0.3, 0.4) is 0 Å². The molecular formula is C9H21NO. The van der Waals surface area contributed by atoms with E-state index in [4.69, 9.17) is 5.11 Å². The van der Waals surface area contributed by atoms with Crippen molar-refractivity contribution in [3.63, 3.8) is 0 Å². The minimum absolute atomic E-state index is 0.200. The average Bonchev–Trinajstić information content (AvgIpc) is 1.84. The van der Waals surface area contributed by atoms with E-state index in [1.165, 1.54) is 0 Å². The fourth-order valence-electron chi connectivity index (χ4n) is 1.22. The third-order valence-corrected chi connectivity index (χ3v) is 1.59. The van der Waals surface area contributed by atoms with Crippen LogP contribution in [-0.2, 0) is 0 Å². The first-order valence-corrected chi connectivity index (χ1v) is 4.46. The Hall–Kier alpha value is -0.0800. The predicted octanol–water partition coefficient (Wildman–Crippen LogP) is 1.35. The lowest BCUT2D eigenvalue weighted by Gasteiger charge is -2.23. The van der Waals surface area contributed by atoms with Crippen molar-refractivity contribution < 1.29 is 5.11 Å². The zero-order valence-corrected chi connectivity index (χ0v) is 8.17. The first kappa shape index (κ1) is 10.9. The minimum Gasteiger partial charge on any atom is -0.392 e. The Labute approximate surface area is 70.2 Å². The predicted molar refractivity (Wildman–Crippen MR) is 48.6 cm³/mol. The lowest BCUT2D eigenvalue weighted by molar-refractivity contribution is 0.122. The van der Waals surface area contributed by atoms with Crippen LogP contribution >= 0.6 is 0 Å². The Bertz CT molecular complexity index is 81.6. The highest BCUT2D eigenvalue weighted by Gasteiger charge is 2.06. The second kappa shape index (κ2) is 5.56. The molecule has 0 saturated heterocycles. The van der Waals surface area contributed by atoms with E-state index in [9.17, 15) is 0 Å². The number of hydrogen-bond acceptors (Lipinski definition) is 2. The highest BCUT2D eigenvalue weighted by molar-refractivity contribution is 4.60.